The first-order chi connectivity index (χ1) is 9.04. The molecule has 1 heterocycles. The molecular formula is C14H22F3NO. The van der Waals surface area contributed by atoms with Crippen LogP contribution in [0.5, 0.6) is 0 Å². The predicted molar refractivity (Wildman–Crippen MR) is 67.6 cm³/mol. The second-order valence-corrected chi connectivity index (χ2v) is 5.53. The molecule has 0 saturated heterocycles. The fourth-order valence-corrected chi connectivity index (χ4v) is 3.45. The topological polar surface area (TPSA) is 21.3 Å². The van der Waals surface area contributed by atoms with Crippen molar-refractivity contribution in [2.75, 3.05) is 13.7 Å². The lowest BCUT2D eigenvalue weighted by atomic mass is 9.72. The smallest absolute Gasteiger partial charge is 0.392 e. The van der Waals surface area contributed by atoms with Gasteiger partial charge >= 0.3 is 6.18 Å². The molecule has 0 bridgehead atoms. The van der Waals surface area contributed by atoms with E-state index >= 15 is 0 Å². The van der Waals surface area contributed by atoms with Crippen molar-refractivity contribution in [3.05, 3.63) is 11.8 Å². The van der Waals surface area contributed by atoms with Crippen molar-refractivity contribution in [3.8, 4) is 0 Å². The summed E-state index contributed by atoms with van der Waals surface area (Å²) in [7, 11) is 1.75. The first-order valence-corrected chi connectivity index (χ1v) is 7.08. The summed E-state index contributed by atoms with van der Waals surface area (Å²) < 4.78 is 44.8. The molecule has 1 aliphatic carbocycles. The van der Waals surface area contributed by atoms with E-state index in [9.17, 15) is 13.2 Å². The number of halogens is 3. The molecule has 1 aliphatic heterocycles. The van der Waals surface area contributed by atoms with E-state index in [0.29, 0.717) is 19.4 Å². The van der Waals surface area contributed by atoms with Crippen molar-refractivity contribution in [2.24, 2.45) is 11.8 Å². The van der Waals surface area contributed by atoms with Crippen molar-refractivity contribution < 1.29 is 17.9 Å². The van der Waals surface area contributed by atoms with Crippen LogP contribution in [0.3, 0.4) is 0 Å². The van der Waals surface area contributed by atoms with Crippen LogP contribution < -0.4 is 5.32 Å². The number of hydrogen-bond acceptors (Lipinski definition) is 2. The Kier molecular flexibility index (Phi) is 4.76. The summed E-state index contributed by atoms with van der Waals surface area (Å²) >= 11 is 0. The lowest BCUT2D eigenvalue weighted by Gasteiger charge is -2.39. The zero-order chi connectivity index (χ0) is 13.9. The van der Waals surface area contributed by atoms with Gasteiger partial charge in [0, 0.05) is 6.04 Å². The zero-order valence-electron chi connectivity index (χ0n) is 11.3. The molecule has 5 heteroatoms. The van der Waals surface area contributed by atoms with Crippen LogP contribution >= 0.6 is 0 Å². The summed E-state index contributed by atoms with van der Waals surface area (Å²) in [5.41, 5.74) is 0.995. The summed E-state index contributed by atoms with van der Waals surface area (Å²) in [6.45, 7) is 0.674. The number of likely N-dealkylation sites (N-methyl/N-ethyl adjacent to an activating group) is 1. The maximum Gasteiger partial charge on any atom is 0.392 e. The molecule has 19 heavy (non-hydrogen) atoms. The molecule has 0 aromatic rings. The van der Waals surface area contributed by atoms with Crippen LogP contribution in [0.2, 0.25) is 0 Å². The third kappa shape index (κ3) is 3.44. The van der Waals surface area contributed by atoms with Crippen LogP contribution in [0, 0.1) is 11.8 Å². The highest BCUT2D eigenvalue weighted by molar-refractivity contribution is 5.13. The van der Waals surface area contributed by atoms with Crippen molar-refractivity contribution in [1.82, 2.24) is 5.32 Å². The van der Waals surface area contributed by atoms with Gasteiger partial charge in [-0.25, -0.2) is 0 Å². The van der Waals surface area contributed by atoms with Gasteiger partial charge in [-0.3, -0.25) is 0 Å². The Hall–Kier alpha value is -0.710. The standard InChI is InChI=1S/C14H22F3NO/c1-18-13(10-5-4-8-19-9-10)11-6-2-3-7-12(11)14(15,16)17/h9,11-13,18H,2-8H2,1H3. The van der Waals surface area contributed by atoms with E-state index in [2.05, 4.69) is 5.32 Å². The Labute approximate surface area is 112 Å². The first-order valence-electron chi connectivity index (χ1n) is 7.08. The molecule has 0 amide bonds. The van der Waals surface area contributed by atoms with E-state index in [1.165, 1.54) is 0 Å². The minimum absolute atomic E-state index is 0.202. The van der Waals surface area contributed by atoms with E-state index in [-0.39, 0.29) is 18.4 Å². The highest BCUT2D eigenvalue weighted by Crippen LogP contribution is 2.44. The highest BCUT2D eigenvalue weighted by Gasteiger charge is 2.48. The normalized spacial score (nSPS) is 30.4. The summed E-state index contributed by atoms with van der Waals surface area (Å²) in [6, 6.07) is -0.202. The van der Waals surface area contributed by atoms with E-state index in [1.807, 2.05) is 0 Å². The van der Waals surface area contributed by atoms with Crippen molar-refractivity contribution >= 4 is 0 Å². The fraction of sp³-hybridized carbons (Fsp3) is 0.857. The molecule has 2 nitrogen and oxygen atoms in total. The number of alkyl halides is 3. The lowest BCUT2D eigenvalue weighted by Crippen LogP contribution is -2.45. The molecule has 1 saturated carbocycles. The van der Waals surface area contributed by atoms with Gasteiger partial charge in [0.2, 0.25) is 0 Å². The van der Waals surface area contributed by atoms with Crippen LogP contribution in [0.1, 0.15) is 38.5 Å². The Balaban J connectivity index is 2.16. The maximum atomic E-state index is 13.2. The van der Waals surface area contributed by atoms with Crippen molar-refractivity contribution in [1.29, 1.82) is 0 Å². The molecule has 2 rings (SSSR count). The molecule has 0 radical (unpaired) electrons. The van der Waals surface area contributed by atoms with E-state index in [0.717, 1.165) is 24.8 Å². The number of rotatable bonds is 3. The van der Waals surface area contributed by atoms with Crippen LogP contribution in [-0.2, 0) is 4.74 Å². The minimum Gasteiger partial charge on any atom is -0.501 e. The largest absolute Gasteiger partial charge is 0.501 e. The third-order valence-corrected chi connectivity index (χ3v) is 4.34. The predicted octanol–water partition coefficient (Wildman–Crippen LogP) is 3.64. The van der Waals surface area contributed by atoms with Crippen LogP contribution in [0.25, 0.3) is 0 Å². The van der Waals surface area contributed by atoms with Gasteiger partial charge < -0.3 is 10.1 Å². The van der Waals surface area contributed by atoms with Gasteiger partial charge in [0.1, 0.15) is 0 Å². The maximum absolute atomic E-state index is 13.2. The Bertz CT molecular complexity index is 327. The molecule has 3 atom stereocenters. The Morgan fingerprint density at radius 3 is 2.58 bits per heavy atom. The second kappa shape index (κ2) is 6.16. The SMILES string of the molecule is CNC(C1=COCCC1)C1CCCCC1C(F)(F)F. The lowest BCUT2D eigenvalue weighted by molar-refractivity contribution is -0.198. The minimum atomic E-state index is -4.09. The molecule has 1 N–H and O–H groups in total. The number of nitrogens with one attached hydrogen (secondary N) is 1. The van der Waals surface area contributed by atoms with E-state index in [1.54, 1.807) is 13.3 Å². The van der Waals surface area contributed by atoms with Gasteiger partial charge in [-0.2, -0.15) is 13.2 Å². The van der Waals surface area contributed by atoms with E-state index in [4.69, 9.17) is 4.74 Å². The van der Waals surface area contributed by atoms with Crippen LogP contribution in [-0.4, -0.2) is 25.9 Å². The molecule has 0 aromatic heterocycles. The molecule has 3 unspecified atom stereocenters. The second-order valence-electron chi connectivity index (χ2n) is 5.53. The fourth-order valence-electron chi connectivity index (χ4n) is 3.45. The van der Waals surface area contributed by atoms with Gasteiger partial charge in [-0.05, 0) is 44.2 Å². The first kappa shape index (κ1) is 14.7. The van der Waals surface area contributed by atoms with Crippen LogP contribution in [0.15, 0.2) is 11.8 Å². The summed E-state index contributed by atoms with van der Waals surface area (Å²) in [4.78, 5) is 0. The zero-order valence-corrected chi connectivity index (χ0v) is 11.3. The van der Waals surface area contributed by atoms with Crippen molar-refractivity contribution in [3.63, 3.8) is 0 Å². The molecule has 0 spiro atoms. The Morgan fingerprint density at radius 2 is 2.00 bits per heavy atom. The monoisotopic (exact) mass is 277 g/mol. The quantitative estimate of drug-likeness (QED) is 0.850. The van der Waals surface area contributed by atoms with Gasteiger partial charge in [0.05, 0.1) is 18.8 Å². The molecule has 1 fully saturated rings. The van der Waals surface area contributed by atoms with E-state index < -0.39 is 12.1 Å². The van der Waals surface area contributed by atoms with Gasteiger partial charge in [-0.1, -0.05) is 12.8 Å². The van der Waals surface area contributed by atoms with Gasteiger partial charge in [-0.15, -0.1) is 0 Å². The summed E-state index contributed by atoms with van der Waals surface area (Å²) in [5.74, 6) is -1.53. The summed E-state index contributed by atoms with van der Waals surface area (Å²) in [6.07, 6.45) is 1.81. The highest BCUT2D eigenvalue weighted by atomic mass is 19.4. The Morgan fingerprint density at radius 1 is 1.26 bits per heavy atom. The summed E-state index contributed by atoms with van der Waals surface area (Å²) in [5, 5.41) is 3.10. The molecular weight excluding hydrogens is 255 g/mol. The average molecular weight is 277 g/mol. The van der Waals surface area contributed by atoms with Crippen LogP contribution in [0.4, 0.5) is 13.2 Å². The van der Waals surface area contributed by atoms with Crippen molar-refractivity contribution in [2.45, 2.75) is 50.7 Å². The van der Waals surface area contributed by atoms with Gasteiger partial charge in [0.15, 0.2) is 0 Å². The number of hydrogen-bond donors (Lipinski definition) is 1. The molecule has 2 aliphatic rings. The van der Waals surface area contributed by atoms with Gasteiger partial charge in [0.25, 0.3) is 0 Å². The molecule has 110 valence electrons. The third-order valence-electron chi connectivity index (χ3n) is 4.34. The molecule has 0 aromatic carbocycles. The average Bonchev–Trinajstić information content (AvgIpc) is 2.40. The number of ether oxygens (including phenoxy) is 1.